The van der Waals surface area contributed by atoms with Gasteiger partial charge in [-0.1, -0.05) is 13.0 Å². The van der Waals surface area contributed by atoms with Gasteiger partial charge in [0, 0.05) is 17.7 Å². The molecule has 1 heterocycles. The lowest BCUT2D eigenvalue weighted by atomic mass is 10.2. The summed E-state index contributed by atoms with van der Waals surface area (Å²) in [7, 11) is 0. The van der Waals surface area contributed by atoms with Gasteiger partial charge in [-0.2, -0.15) is 11.8 Å². The Labute approximate surface area is 115 Å². The summed E-state index contributed by atoms with van der Waals surface area (Å²) in [6.07, 6.45) is 0. The molecule has 0 saturated carbocycles. The van der Waals surface area contributed by atoms with Crippen molar-refractivity contribution in [3.8, 4) is 0 Å². The number of aliphatic hydroxyl groups is 1. The molecule has 1 aromatic carbocycles. The molecule has 0 aliphatic heterocycles. The van der Waals surface area contributed by atoms with Gasteiger partial charge in [-0.25, -0.2) is 4.79 Å². The summed E-state index contributed by atoms with van der Waals surface area (Å²) in [5.74, 6) is 0.951. The van der Waals surface area contributed by atoms with E-state index >= 15 is 0 Å². The zero-order valence-corrected chi connectivity index (χ0v) is 11.4. The molecule has 1 aromatic heterocycles. The smallest absolute Gasteiger partial charge is 0.371 e. The lowest BCUT2D eigenvalue weighted by molar-refractivity contribution is 0.0665. The molecule has 102 valence electrons. The molecule has 0 saturated heterocycles. The average molecular weight is 280 g/mol. The van der Waals surface area contributed by atoms with Gasteiger partial charge in [-0.05, 0) is 35.4 Å². The topological polar surface area (TPSA) is 70.7 Å². The third-order valence-electron chi connectivity index (χ3n) is 2.77. The van der Waals surface area contributed by atoms with Crippen molar-refractivity contribution >= 4 is 28.7 Å². The number of hydrogen-bond acceptors (Lipinski definition) is 4. The highest BCUT2D eigenvalue weighted by Crippen LogP contribution is 2.23. The van der Waals surface area contributed by atoms with Crippen molar-refractivity contribution in [2.24, 2.45) is 5.92 Å². The maximum atomic E-state index is 10.8. The number of aromatic carboxylic acids is 1. The SMILES string of the molecule is CC(CO)CSCc1ccc2oc(C(=O)O)cc2c1. The van der Waals surface area contributed by atoms with E-state index in [-0.39, 0.29) is 12.4 Å². The fraction of sp³-hybridized carbons (Fsp3) is 0.357. The molecule has 4 nitrogen and oxygen atoms in total. The van der Waals surface area contributed by atoms with Crippen LogP contribution in [0.1, 0.15) is 23.0 Å². The van der Waals surface area contributed by atoms with Crippen LogP contribution in [0.3, 0.4) is 0 Å². The van der Waals surface area contributed by atoms with E-state index < -0.39 is 5.97 Å². The molecule has 19 heavy (non-hydrogen) atoms. The van der Waals surface area contributed by atoms with Crippen molar-refractivity contribution in [3.05, 3.63) is 35.6 Å². The van der Waals surface area contributed by atoms with E-state index in [1.807, 2.05) is 19.1 Å². The van der Waals surface area contributed by atoms with Crippen LogP contribution in [-0.2, 0) is 5.75 Å². The van der Waals surface area contributed by atoms with E-state index in [2.05, 4.69) is 0 Å². The largest absolute Gasteiger partial charge is 0.475 e. The fourth-order valence-electron chi connectivity index (χ4n) is 1.72. The van der Waals surface area contributed by atoms with Gasteiger partial charge < -0.3 is 14.6 Å². The zero-order chi connectivity index (χ0) is 13.8. The number of furan rings is 1. The number of thioether (sulfide) groups is 1. The van der Waals surface area contributed by atoms with Crippen molar-refractivity contribution < 1.29 is 19.4 Å². The Kier molecular flexibility index (Phi) is 4.50. The Morgan fingerprint density at radius 1 is 1.42 bits per heavy atom. The number of benzene rings is 1. The van der Waals surface area contributed by atoms with Crippen molar-refractivity contribution in [3.63, 3.8) is 0 Å². The van der Waals surface area contributed by atoms with Crippen molar-refractivity contribution in [2.75, 3.05) is 12.4 Å². The van der Waals surface area contributed by atoms with Crippen LogP contribution >= 0.6 is 11.8 Å². The molecule has 1 unspecified atom stereocenters. The van der Waals surface area contributed by atoms with Gasteiger partial charge in [0.25, 0.3) is 0 Å². The summed E-state index contributed by atoms with van der Waals surface area (Å²) < 4.78 is 5.21. The highest BCUT2D eigenvalue weighted by molar-refractivity contribution is 7.98. The van der Waals surface area contributed by atoms with Crippen molar-refractivity contribution in [1.82, 2.24) is 0 Å². The molecule has 5 heteroatoms. The normalized spacial score (nSPS) is 12.7. The molecule has 0 radical (unpaired) electrons. The summed E-state index contributed by atoms with van der Waals surface area (Å²) in [5, 5.41) is 18.6. The fourth-order valence-corrected chi connectivity index (χ4v) is 2.76. The predicted octanol–water partition coefficient (Wildman–Crippen LogP) is 2.99. The minimum Gasteiger partial charge on any atom is -0.475 e. The molecule has 2 aromatic rings. The Morgan fingerprint density at radius 2 is 2.21 bits per heavy atom. The molecule has 1 atom stereocenters. The van der Waals surface area contributed by atoms with Gasteiger partial charge in [-0.15, -0.1) is 0 Å². The van der Waals surface area contributed by atoms with Crippen molar-refractivity contribution in [2.45, 2.75) is 12.7 Å². The Morgan fingerprint density at radius 3 is 2.89 bits per heavy atom. The number of carbonyl (C=O) groups is 1. The first kappa shape index (κ1) is 14.0. The number of aliphatic hydroxyl groups excluding tert-OH is 1. The highest BCUT2D eigenvalue weighted by Gasteiger charge is 2.10. The Bertz CT molecular complexity index is 576. The molecular weight excluding hydrogens is 264 g/mol. The summed E-state index contributed by atoms with van der Waals surface area (Å²) >= 11 is 1.75. The van der Waals surface area contributed by atoms with Crippen LogP contribution in [0.25, 0.3) is 11.0 Å². The molecule has 0 aliphatic carbocycles. The maximum absolute atomic E-state index is 10.8. The minimum absolute atomic E-state index is 0.0336. The van der Waals surface area contributed by atoms with Gasteiger partial charge in [0.05, 0.1) is 0 Å². The van der Waals surface area contributed by atoms with Gasteiger partial charge in [-0.3, -0.25) is 0 Å². The first-order valence-electron chi connectivity index (χ1n) is 6.04. The molecule has 2 N–H and O–H groups in total. The van der Waals surface area contributed by atoms with E-state index in [4.69, 9.17) is 14.6 Å². The van der Waals surface area contributed by atoms with Gasteiger partial charge in [0.1, 0.15) is 5.58 Å². The maximum Gasteiger partial charge on any atom is 0.371 e. The second-order valence-electron chi connectivity index (χ2n) is 4.59. The summed E-state index contributed by atoms with van der Waals surface area (Å²) in [5.41, 5.74) is 1.72. The Balaban J connectivity index is 2.06. The molecule has 0 amide bonds. The standard InChI is InChI=1S/C14H16O4S/c1-9(6-15)7-19-8-10-2-3-12-11(4-10)5-13(18-12)14(16)17/h2-5,9,15H,6-8H2,1H3,(H,16,17). The Hall–Kier alpha value is -1.46. The second kappa shape index (κ2) is 6.12. The van der Waals surface area contributed by atoms with Crippen LogP contribution in [0.4, 0.5) is 0 Å². The van der Waals surface area contributed by atoms with Crippen molar-refractivity contribution in [1.29, 1.82) is 0 Å². The average Bonchev–Trinajstić information content (AvgIpc) is 2.81. The molecule has 0 fully saturated rings. The highest BCUT2D eigenvalue weighted by atomic mass is 32.2. The third kappa shape index (κ3) is 3.52. The predicted molar refractivity (Wildman–Crippen MR) is 75.6 cm³/mol. The monoisotopic (exact) mass is 280 g/mol. The van der Waals surface area contributed by atoms with Gasteiger partial charge in [0.2, 0.25) is 5.76 Å². The number of carboxylic acid groups (broad SMARTS) is 1. The number of hydrogen-bond donors (Lipinski definition) is 2. The van der Waals surface area contributed by atoms with Crippen LogP contribution in [0.5, 0.6) is 0 Å². The molecule has 0 aliphatic rings. The third-order valence-corrected chi connectivity index (χ3v) is 4.12. The van der Waals surface area contributed by atoms with E-state index in [9.17, 15) is 4.79 Å². The summed E-state index contributed by atoms with van der Waals surface area (Å²) in [6, 6.07) is 7.23. The molecule has 0 bridgehead atoms. The van der Waals surface area contributed by atoms with Crippen LogP contribution < -0.4 is 0 Å². The lowest BCUT2D eigenvalue weighted by Gasteiger charge is -2.06. The zero-order valence-electron chi connectivity index (χ0n) is 10.6. The molecule has 2 rings (SSSR count). The van der Waals surface area contributed by atoms with Gasteiger partial charge in [0.15, 0.2) is 0 Å². The minimum atomic E-state index is -1.05. The summed E-state index contributed by atoms with van der Waals surface area (Å²) in [6.45, 7) is 2.21. The second-order valence-corrected chi connectivity index (χ2v) is 5.62. The van der Waals surface area contributed by atoms with Crippen LogP contribution in [0, 0.1) is 5.92 Å². The van der Waals surface area contributed by atoms with E-state index in [0.717, 1.165) is 22.5 Å². The van der Waals surface area contributed by atoms with E-state index in [1.165, 1.54) is 0 Å². The molecular formula is C14H16O4S. The van der Waals surface area contributed by atoms with Gasteiger partial charge >= 0.3 is 5.97 Å². The van der Waals surface area contributed by atoms with Crippen LogP contribution in [0.2, 0.25) is 0 Å². The number of fused-ring (bicyclic) bond motifs is 1. The summed E-state index contributed by atoms with van der Waals surface area (Å²) in [4.78, 5) is 10.8. The van der Waals surface area contributed by atoms with Crippen LogP contribution in [0.15, 0.2) is 28.7 Å². The van der Waals surface area contributed by atoms with E-state index in [0.29, 0.717) is 11.5 Å². The van der Waals surface area contributed by atoms with Crippen LogP contribution in [-0.4, -0.2) is 28.5 Å². The number of rotatable bonds is 6. The van der Waals surface area contributed by atoms with E-state index in [1.54, 1.807) is 23.9 Å². The first-order chi connectivity index (χ1) is 9.10. The quantitative estimate of drug-likeness (QED) is 0.851. The number of carboxylic acids is 1. The first-order valence-corrected chi connectivity index (χ1v) is 7.20. The lowest BCUT2D eigenvalue weighted by Crippen LogP contribution is -2.03. The molecule has 0 spiro atoms.